The number of rotatable bonds is 5. The quantitative estimate of drug-likeness (QED) is 0.637. The Hall–Kier alpha value is -1.06. The van der Waals surface area contributed by atoms with Crippen LogP contribution in [-0.2, 0) is 0 Å². The summed E-state index contributed by atoms with van der Waals surface area (Å²) in [6.07, 6.45) is 3.79. The zero-order valence-corrected chi connectivity index (χ0v) is 12.9. The minimum Gasteiger partial charge on any atom is -0.494 e. The van der Waals surface area contributed by atoms with Gasteiger partial charge >= 0.3 is 0 Å². The highest BCUT2D eigenvalue weighted by Crippen LogP contribution is 2.40. The molecular formula is C17H28N2O. The Balaban J connectivity index is 2.13. The fourth-order valence-electron chi connectivity index (χ4n) is 3.36. The largest absolute Gasteiger partial charge is 0.494 e. The van der Waals surface area contributed by atoms with Gasteiger partial charge in [0.05, 0.1) is 6.61 Å². The SMILES string of the molecule is CCOc1cccc(C(NN)C2CCC(C)C(C)C2)c1. The first-order valence-electron chi connectivity index (χ1n) is 7.84. The van der Waals surface area contributed by atoms with E-state index in [4.69, 9.17) is 10.6 Å². The summed E-state index contributed by atoms with van der Waals surface area (Å²) in [5.41, 5.74) is 4.28. The van der Waals surface area contributed by atoms with E-state index in [2.05, 4.69) is 37.5 Å². The molecule has 0 aromatic heterocycles. The molecule has 3 N–H and O–H groups in total. The molecule has 1 saturated carbocycles. The molecule has 1 aromatic carbocycles. The van der Waals surface area contributed by atoms with Gasteiger partial charge in [0.2, 0.25) is 0 Å². The van der Waals surface area contributed by atoms with Crippen molar-refractivity contribution in [2.24, 2.45) is 23.6 Å². The van der Waals surface area contributed by atoms with Gasteiger partial charge in [-0.1, -0.05) is 32.4 Å². The van der Waals surface area contributed by atoms with E-state index in [0.717, 1.165) is 17.6 Å². The van der Waals surface area contributed by atoms with Gasteiger partial charge in [0.25, 0.3) is 0 Å². The molecular weight excluding hydrogens is 248 g/mol. The molecule has 1 fully saturated rings. The van der Waals surface area contributed by atoms with E-state index >= 15 is 0 Å². The smallest absolute Gasteiger partial charge is 0.119 e. The van der Waals surface area contributed by atoms with Crippen LogP contribution < -0.4 is 16.0 Å². The molecule has 20 heavy (non-hydrogen) atoms. The van der Waals surface area contributed by atoms with Gasteiger partial charge in [-0.05, 0) is 55.2 Å². The maximum absolute atomic E-state index is 5.85. The molecule has 0 amide bonds. The van der Waals surface area contributed by atoms with Crippen LogP contribution in [0.3, 0.4) is 0 Å². The van der Waals surface area contributed by atoms with Gasteiger partial charge in [0.15, 0.2) is 0 Å². The van der Waals surface area contributed by atoms with E-state index in [1.807, 2.05) is 13.0 Å². The van der Waals surface area contributed by atoms with Gasteiger partial charge < -0.3 is 4.74 Å². The maximum Gasteiger partial charge on any atom is 0.119 e. The third kappa shape index (κ3) is 3.53. The van der Waals surface area contributed by atoms with Crippen LogP contribution in [0, 0.1) is 17.8 Å². The highest BCUT2D eigenvalue weighted by atomic mass is 16.5. The summed E-state index contributed by atoms with van der Waals surface area (Å²) >= 11 is 0. The third-order valence-corrected chi connectivity index (χ3v) is 4.82. The molecule has 0 radical (unpaired) electrons. The molecule has 4 unspecified atom stereocenters. The first-order chi connectivity index (χ1) is 9.65. The van der Waals surface area contributed by atoms with Crippen LogP contribution in [0.25, 0.3) is 0 Å². The molecule has 3 nitrogen and oxygen atoms in total. The molecule has 1 aliphatic rings. The summed E-state index contributed by atoms with van der Waals surface area (Å²) in [5, 5.41) is 0. The average molecular weight is 276 g/mol. The lowest BCUT2D eigenvalue weighted by atomic mass is 9.72. The van der Waals surface area contributed by atoms with Crippen LogP contribution >= 0.6 is 0 Å². The molecule has 3 heteroatoms. The molecule has 0 bridgehead atoms. The van der Waals surface area contributed by atoms with Crippen molar-refractivity contribution in [3.8, 4) is 5.75 Å². The zero-order chi connectivity index (χ0) is 14.5. The Morgan fingerprint density at radius 3 is 2.75 bits per heavy atom. The summed E-state index contributed by atoms with van der Waals surface area (Å²) in [7, 11) is 0. The fourth-order valence-corrected chi connectivity index (χ4v) is 3.36. The summed E-state index contributed by atoms with van der Waals surface area (Å²) in [4.78, 5) is 0. The predicted octanol–water partition coefficient (Wildman–Crippen LogP) is 3.66. The summed E-state index contributed by atoms with van der Waals surface area (Å²) < 4.78 is 5.60. The number of hydrazine groups is 1. The first kappa shape index (κ1) is 15.3. The number of nitrogens with two attached hydrogens (primary N) is 1. The zero-order valence-electron chi connectivity index (χ0n) is 12.9. The monoisotopic (exact) mass is 276 g/mol. The van der Waals surface area contributed by atoms with Crippen LogP contribution in [0.4, 0.5) is 0 Å². The second kappa shape index (κ2) is 7.09. The maximum atomic E-state index is 5.85. The van der Waals surface area contributed by atoms with Crippen LogP contribution in [0.5, 0.6) is 5.75 Å². The standard InChI is InChI=1S/C17H28N2O/c1-4-20-16-7-5-6-14(11-16)17(19-18)15-9-8-12(2)13(3)10-15/h5-7,11-13,15,17,19H,4,8-10,18H2,1-3H3. The first-order valence-corrected chi connectivity index (χ1v) is 7.84. The number of nitrogens with one attached hydrogen (secondary N) is 1. The lowest BCUT2D eigenvalue weighted by molar-refractivity contribution is 0.171. The van der Waals surface area contributed by atoms with Crippen LogP contribution in [0.1, 0.15) is 51.6 Å². The van der Waals surface area contributed by atoms with Crippen molar-refractivity contribution >= 4 is 0 Å². The van der Waals surface area contributed by atoms with Crippen LogP contribution in [-0.4, -0.2) is 6.61 Å². The second-order valence-electron chi connectivity index (χ2n) is 6.18. The van der Waals surface area contributed by atoms with Crippen molar-refractivity contribution in [1.82, 2.24) is 5.43 Å². The van der Waals surface area contributed by atoms with Gasteiger partial charge in [0.1, 0.15) is 5.75 Å². The van der Waals surface area contributed by atoms with E-state index in [1.165, 1.54) is 24.8 Å². The van der Waals surface area contributed by atoms with E-state index in [0.29, 0.717) is 12.5 Å². The van der Waals surface area contributed by atoms with Gasteiger partial charge in [0, 0.05) is 6.04 Å². The van der Waals surface area contributed by atoms with Crippen molar-refractivity contribution in [3.63, 3.8) is 0 Å². The summed E-state index contributed by atoms with van der Waals surface area (Å²) in [5.74, 6) is 9.01. The average Bonchev–Trinajstić information content (AvgIpc) is 2.44. The minimum absolute atomic E-state index is 0.227. The lowest BCUT2D eigenvalue weighted by Crippen LogP contribution is -2.36. The molecule has 2 rings (SSSR count). The molecule has 0 saturated heterocycles. The lowest BCUT2D eigenvalue weighted by Gasteiger charge is -2.36. The normalized spacial score (nSPS) is 28.1. The van der Waals surface area contributed by atoms with Crippen LogP contribution in [0.2, 0.25) is 0 Å². The molecule has 0 aliphatic heterocycles. The highest BCUT2D eigenvalue weighted by molar-refractivity contribution is 5.31. The minimum atomic E-state index is 0.227. The Bertz CT molecular complexity index is 421. The van der Waals surface area contributed by atoms with E-state index in [9.17, 15) is 0 Å². The Morgan fingerprint density at radius 1 is 1.30 bits per heavy atom. The number of hydrogen-bond acceptors (Lipinski definition) is 3. The van der Waals surface area contributed by atoms with E-state index in [-0.39, 0.29) is 6.04 Å². The molecule has 0 spiro atoms. The molecule has 1 aliphatic carbocycles. The second-order valence-corrected chi connectivity index (χ2v) is 6.18. The Morgan fingerprint density at radius 2 is 2.10 bits per heavy atom. The highest BCUT2D eigenvalue weighted by Gasteiger charge is 2.30. The number of ether oxygens (including phenoxy) is 1. The van der Waals surface area contributed by atoms with Crippen molar-refractivity contribution in [1.29, 1.82) is 0 Å². The van der Waals surface area contributed by atoms with Crippen LogP contribution in [0.15, 0.2) is 24.3 Å². The summed E-state index contributed by atoms with van der Waals surface area (Å²) in [6, 6.07) is 8.56. The van der Waals surface area contributed by atoms with E-state index < -0.39 is 0 Å². The van der Waals surface area contributed by atoms with Gasteiger partial charge in [-0.3, -0.25) is 11.3 Å². The third-order valence-electron chi connectivity index (χ3n) is 4.82. The topological polar surface area (TPSA) is 47.3 Å². The Labute approximate surface area is 122 Å². The van der Waals surface area contributed by atoms with Crippen molar-refractivity contribution in [2.45, 2.75) is 46.1 Å². The predicted molar refractivity (Wildman–Crippen MR) is 83.3 cm³/mol. The van der Waals surface area contributed by atoms with Gasteiger partial charge in [-0.2, -0.15) is 0 Å². The van der Waals surface area contributed by atoms with Gasteiger partial charge in [-0.25, -0.2) is 0 Å². The molecule has 112 valence electrons. The van der Waals surface area contributed by atoms with Gasteiger partial charge in [-0.15, -0.1) is 0 Å². The number of benzene rings is 1. The van der Waals surface area contributed by atoms with Crippen molar-refractivity contribution < 1.29 is 4.74 Å². The molecule has 1 aromatic rings. The van der Waals surface area contributed by atoms with Crippen molar-refractivity contribution in [3.05, 3.63) is 29.8 Å². The van der Waals surface area contributed by atoms with Crippen molar-refractivity contribution in [2.75, 3.05) is 6.61 Å². The summed E-state index contributed by atoms with van der Waals surface area (Å²) in [6.45, 7) is 7.43. The Kier molecular flexibility index (Phi) is 5.44. The number of hydrogen-bond donors (Lipinski definition) is 2. The molecule has 0 heterocycles. The molecule has 4 atom stereocenters. The van der Waals surface area contributed by atoms with E-state index in [1.54, 1.807) is 0 Å². The fraction of sp³-hybridized carbons (Fsp3) is 0.647.